The number of nitro groups is 1. The molecule has 1 amide bonds. The zero-order valence-electron chi connectivity index (χ0n) is 17.2. The molecule has 170 valence electrons. The summed E-state index contributed by atoms with van der Waals surface area (Å²) in [6.45, 7) is 2.33. The third-order valence-electron chi connectivity index (χ3n) is 5.23. The van der Waals surface area contributed by atoms with Crippen LogP contribution < -0.4 is 10.2 Å². The van der Waals surface area contributed by atoms with Gasteiger partial charge in [0.1, 0.15) is 5.76 Å². The molecule has 0 radical (unpaired) electrons. The van der Waals surface area contributed by atoms with Crippen molar-refractivity contribution in [3.05, 3.63) is 80.0 Å². The fourth-order valence-corrected chi connectivity index (χ4v) is 4.32. The van der Waals surface area contributed by atoms with Gasteiger partial charge in [-0.2, -0.15) is 0 Å². The number of halogens is 2. The molecule has 8 nitrogen and oxygen atoms in total. The van der Waals surface area contributed by atoms with Gasteiger partial charge >= 0.3 is 0 Å². The number of anilines is 1. The van der Waals surface area contributed by atoms with Crippen molar-refractivity contribution < 1.29 is 14.1 Å². The molecule has 4 rings (SSSR count). The van der Waals surface area contributed by atoms with Crippen LogP contribution in [0.5, 0.6) is 0 Å². The van der Waals surface area contributed by atoms with E-state index in [-0.39, 0.29) is 11.4 Å². The number of nitro benzene ring substituents is 1. The third kappa shape index (κ3) is 5.35. The minimum Gasteiger partial charge on any atom is -0.451 e. The maximum Gasteiger partial charge on any atom is 0.293 e. The Morgan fingerprint density at radius 2 is 1.79 bits per heavy atom. The predicted octanol–water partition coefficient (Wildman–Crippen LogP) is 5.11. The van der Waals surface area contributed by atoms with Crippen molar-refractivity contribution in [2.45, 2.75) is 0 Å². The van der Waals surface area contributed by atoms with Crippen molar-refractivity contribution in [3.63, 3.8) is 0 Å². The van der Waals surface area contributed by atoms with Crippen LogP contribution in [0.3, 0.4) is 0 Å². The fourth-order valence-electron chi connectivity index (χ4n) is 3.48. The number of piperazine rings is 1. The Kier molecular flexibility index (Phi) is 6.96. The number of carbonyl (C=O) groups is 1. The molecule has 0 saturated carbocycles. The van der Waals surface area contributed by atoms with Crippen LogP contribution in [0.1, 0.15) is 10.6 Å². The minimum atomic E-state index is -0.477. The van der Waals surface area contributed by atoms with Gasteiger partial charge in [0, 0.05) is 48.3 Å². The molecule has 1 N–H and O–H groups in total. The van der Waals surface area contributed by atoms with Crippen LogP contribution in [0.25, 0.3) is 11.3 Å². The highest BCUT2D eigenvalue weighted by Crippen LogP contribution is 2.30. The van der Waals surface area contributed by atoms with Gasteiger partial charge in [-0.05, 0) is 42.5 Å². The number of carbonyl (C=O) groups excluding carboxylic acids is 1. The Morgan fingerprint density at radius 3 is 2.42 bits per heavy atom. The SMILES string of the molecule is O=C(NC(=S)N1CCN(c2ccc([N+](=O)[O-])cc2Cl)CC1)c1ccc(-c2ccc(Br)cc2)o1. The van der Waals surface area contributed by atoms with Crippen molar-refractivity contribution in [1.29, 1.82) is 0 Å². The van der Waals surface area contributed by atoms with Gasteiger partial charge in [0.15, 0.2) is 10.9 Å². The second-order valence-electron chi connectivity index (χ2n) is 7.30. The number of hydrogen-bond donors (Lipinski definition) is 1. The maximum atomic E-state index is 12.6. The Bertz CT molecular complexity index is 1210. The zero-order chi connectivity index (χ0) is 23.5. The molecule has 33 heavy (non-hydrogen) atoms. The van der Waals surface area contributed by atoms with Crippen LogP contribution in [0.4, 0.5) is 11.4 Å². The lowest BCUT2D eigenvalue weighted by Crippen LogP contribution is -2.52. The molecule has 1 fully saturated rings. The van der Waals surface area contributed by atoms with E-state index in [4.69, 9.17) is 28.2 Å². The Morgan fingerprint density at radius 1 is 1.09 bits per heavy atom. The van der Waals surface area contributed by atoms with Crippen LogP contribution in [-0.4, -0.2) is 47.0 Å². The lowest BCUT2D eigenvalue weighted by atomic mass is 10.2. The maximum absolute atomic E-state index is 12.6. The van der Waals surface area contributed by atoms with Crippen LogP contribution in [0.15, 0.2) is 63.5 Å². The molecule has 0 aliphatic carbocycles. The lowest BCUT2D eigenvalue weighted by Gasteiger charge is -2.37. The summed E-state index contributed by atoms with van der Waals surface area (Å²) in [7, 11) is 0. The molecule has 0 bridgehead atoms. The number of nitrogens with one attached hydrogen (secondary N) is 1. The van der Waals surface area contributed by atoms with E-state index in [2.05, 4.69) is 21.2 Å². The Labute approximate surface area is 208 Å². The lowest BCUT2D eigenvalue weighted by molar-refractivity contribution is -0.384. The highest BCUT2D eigenvalue weighted by Gasteiger charge is 2.23. The summed E-state index contributed by atoms with van der Waals surface area (Å²) in [4.78, 5) is 27.0. The van der Waals surface area contributed by atoms with Gasteiger partial charge in [-0.15, -0.1) is 0 Å². The van der Waals surface area contributed by atoms with Gasteiger partial charge in [-0.3, -0.25) is 20.2 Å². The van der Waals surface area contributed by atoms with Crippen molar-refractivity contribution >= 4 is 62.1 Å². The number of rotatable bonds is 4. The molecule has 2 aromatic carbocycles. The average molecular weight is 550 g/mol. The van der Waals surface area contributed by atoms with E-state index in [1.807, 2.05) is 34.1 Å². The molecule has 1 aliphatic rings. The van der Waals surface area contributed by atoms with Crippen LogP contribution in [0, 0.1) is 10.1 Å². The van der Waals surface area contributed by atoms with Gasteiger partial charge in [0.25, 0.3) is 11.6 Å². The molecule has 0 spiro atoms. The van der Waals surface area contributed by atoms with Gasteiger partial charge in [0.2, 0.25) is 0 Å². The first-order chi connectivity index (χ1) is 15.8. The molecule has 11 heteroatoms. The van der Waals surface area contributed by atoms with Crippen LogP contribution in [0.2, 0.25) is 5.02 Å². The summed E-state index contributed by atoms with van der Waals surface area (Å²) in [5.41, 5.74) is 1.54. The van der Waals surface area contributed by atoms with E-state index in [9.17, 15) is 14.9 Å². The summed E-state index contributed by atoms with van der Waals surface area (Å²) in [5.74, 6) is 0.350. The van der Waals surface area contributed by atoms with Crippen LogP contribution in [-0.2, 0) is 0 Å². The third-order valence-corrected chi connectivity index (χ3v) is 6.42. The van der Waals surface area contributed by atoms with Crippen molar-refractivity contribution in [2.75, 3.05) is 31.1 Å². The quantitative estimate of drug-likeness (QED) is 0.275. The standard InChI is InChI=1S/C22H18BrClN4O4S/c23-15-3-1-14(2-4-15)19-7-8-20(32-19)21(29)25-22(33)27-11-9-26(10-12-27)18-6-5-16(28(30)31)13-17(18)24/h1-8,13H,9-12H2,(H,25,29,33). The number of non-ortho nitro benzene ring substituents is 1. The highest BCUT2D eigenvalue weighted by atomic mass is 79.9. The molecular weight excluding hydrogens is 532 g/mol. The van der Waals surface area contributed by atoms with Gasteiger partial charge in [-0.1, -0.05) is 39.7 Å². The zero-order valence-corrected chi connectivity index (χ0v) is 20.3. The van der Waals surface area contributed by atoms with E-state index in [1.54, 1.807) is 18.2 Å². The van der Waals surface area contributed by atoms with E-state index in [0.717, 1.165) is 15.7 Å². The summed E-state index contributed by atoms with van der Waals surface area (Å²) in [6.07, 6.45) is 0. The monoisotopic (exact) mass is 548 g/mol. The van der Waals surface area contributed by atoms with E-state index in [0.29, 0.717) is 42.1 Å². The Balaban J connectivity index is 1.33. The number of benzene rings is 2. The largest absolute Gasteiger partial charge is 0.451 e. The number of hydrogen-bond acceptors (Lipinski definition) is 6. The van der Waals surface area contributed by atoms with Crippen molar-refractivity contribution in [1.82, 2.24) is 10.2 Å². The minimum absolute atomic E-state index is 0.0486. The smallest absolute Gasteiger partial charge is 0.293 e. The number of thiocarbonyl (C=S) groups is 1. The molecule has 2 heterocycles. The molecule has 1 aromatic heterocycles. The Hall–Kier alpha value is -2.95. The van der Waals surface area contributed by atoms with Gasteiger partial charge in [-0.25, -0.2) is 0 Å². The van der Waals surface area contributed by atoms with Gasteiger partial charge < -0.3 is 14.2 Å². The molecule has 3 aromatic rings. The average Bonchev–Trinajstić information content (AvgIpc) is 3.30. The highest BCUT2D eigenvalue weighted by molar-refractivity contribution is 9.10. The topological polar surface area (TPSA) is 91.9 Å². The molecular formula is C22H18BrClN4O4S. The van der Waals surface area contributed by atoms with Gasteiger partial charge in [0.05, 0.1) is 15.6 Å². The second kappa shape index (κ2) is 9.90. The summed E-state index contributed by atoms with van der Waals surface area (Å²) < 4.78 is 6.65. The van der Waals surface area contributed by atoms with E-state index in [1.165, 1.54) is 12.1 Å². The summed E-state index contributed by atoms with van der Waals surface area (Å²) >= 11 is 15.1. The molecule has 1 aliphatic heterocycles. The van der Waals surface area contributed by atoms with E-state index >= 15 is 0 Å². The molecule has 1 saturated heterocycles. The molecule has 0 atom stereocenters. The van der Waals surface area contributed by atoms with Crippen LogP contribution >= 0.6 is 39.7 Å². The number of amides is 1. The van der Waals surface area contributed by atoms with Crippen molar-refractivity contribution in [3.8, 4) is 11.3 Å². The second-order valence-corrected chi connectivity index (χ2v) is 9.01. The first-order valence-corrected chi connectivity index (χ1v) is 11.5. The van der Waals surface area contributed by atoms with Crippen molar-refractivity contribution in [2.24, 2.45) is 0 Å². The predicted molar refractivity (Wildman–Crippen MR) is 134 cm³/mol. The first-order valence-electron chi connectivity index (χ1n) is 9.97. The summed E-state index contributed by atoms with van der Waals surface area (Å²) in [6, 6.07) is 15.4. The first kappa shape index (κ1) is 23.2. The number of nitrogens with zero attached hydrogens (tertiary/aromatic N) is 3. The summed E-state index contributed by atoms with van der Waals surface area (Å²) in [5, 5.41) is 14.3. The number of furan rings is 1. The molecule has 0 unspecified atom stereocenters. The normalized spacial score (nSPS) is 13.6. The van der Waals surface area contributed by atoms with E-state index < -0.39 is 10.8 Å². The fraction of sp³-hybridized carbons (Fsp3) is 0.182.